The van der Waals surface area contributed by atoms with E-state index in [1.165, 1.54) is 31.4 Å². The van der Waals surface area contributed by atoms with E-state index in [1.54, 1.807) is 0 Å². The number of hydrogen-bond acceptors (Lipinski definition) is 1. The fourth-order valence-corrected chi connectivity index (χ4v) is 2.75. The van der Waals surface area contributed by atoms with Crippen LogP contribution in [-0.2, 0) is 0 Å². The molecule has 0 aromatic carbocycles. The monoisotopic (exact) mass is 135 g/mol. The van der Waals surface area contributed by atoms with Crippen molar-refractivity contribution in [3.63, 3.8) is 0 Å². The minimum Gasteiger partial charge on any atom is -0.293 e. The highest BCUT2D eigenvalue weighted by atomic mass is 15.3. The standard InChI is InChI=1S/C9H13N/c1-6-2-8-3-7-4-9(7)10(8)5-6/h7-9H,1-5H2/t7-,8?,9+/m0/s1. The van der Waals surface area contributed by atoms with Gasteiger partial charge < -0.3 is 0 Å². The molecule has 0 radical (unpaired) electrons. The average Bonchev–Trinajstić information content (AvgIpc) is 2.40. The van der Waals surface area contributed by atoms with Crippen molar-refractivity contribution < 1.29 is 0 Å². The van der Waals surface area contributed by atoms with Crippen LogP contribution in [0.25, 0.3) is 0 Å². The smallest absolute Gasteiger partial charge is 0.0196 e. The Morgan fingerprint density at radius 3 is 3.10 bits per heavy atom. The van der Waals surface area contributed by atoms with Crippen LogP contribution in [0.2, 0.25) is 0 Å². The third-order valence-electron chi connectivity index (χ3n) is 3.29. The van der Waals surface area contributed by atoms with E-state index in [0.29, 0.717) is 0 Å². The molecule has 1 saturated carbocycles. The third-order valence-corrected chi connectivity index (χ3v) is 3.29. The van der Waals surface area contributed by atoms with Gasteiger partial charge in [0.2, 0.25) is 0 Å². The van der Waals surface area contributed by atoms with Gasteiger partial charge in [-0.15, -0.1) is 0 Å². The molecule has 0 N–H and O–H groups in total. The van der Waals surface area contributed by atoms with Crippen LogP contribution < -0.4 is 0 Å². The van der Waals surface area contributed by atoms with Gasteiger partial charge in [-0.3, -0.25) is 4.90 Å². The van der Waals surface area contributed by atoms with Crippen molar-refractivity contribution in [3.05, 3.63) is 12.2 Å². The van der Waals surface area contributed by atoms with Crippen LogP contribution in [0.1, 0.15) is 19.3 Å². The van der Waals surface area contributed by atoms with Crippen molar-refractivity contribution >= 4 is 0 Å². The molecule has 0 aromatic heterocycles. The first-order valence-electron chi connectivity index (χ1n) is 4.27. The molecule has 1 aliphatic carbocycles. The Morgan fingerprint density at radius 2 is 2.30 bits per heavy atom. The molecule has 1 nitrogen and oxygen atoms in total. The Hall–Kier alpha value is -0.300. The number of rotatable bonds is 0. The Morgan fingerprint density at radius 1 is 1.40 bits per heavy atom. The van der Waals surface area contributed by atoms with Crippen molar-refractivity contribution in [3.8, 4) is 0 Å². The van der Waals surface area contributed by atoms with Gasteiger partial charge in [-0.1, -0.05) is 12.2 Å². The van der Waals surface area contributed by atoms with Gasteiger partial charge in [-0.2, -0.15) is 0 Å². The van der Waals surface area contributed by atoms with E-state index in [2.05, 4.69) is 11.5 Å². The van der Waals surface area contributed by atoms with E-state index >= 15 is 0 Å². The van der Waals surface area contributed by atoms with Crippen LogP contribution in [0, 0.1) is 5.92 Å². The molecule has 3 atom stereocenters. The molecule has 0 bridgehead atoms. The molecule has 0 amide bonds. The maximum atomic E-state index is 4.05. The highest BCUT2D eigenvalue weighted by molar-refractivity contribution is 5.18. The number of hydrogen-bond donors (Lipinski definition) is 0. The summed E-state index contributed by atoms with van der Waals surface area (Å²) in [5, 5.41) is 0. The highest BCUT2D eigenvalue weighted by Crippen LogP contribution is 2.51. The molecule has 2 heterocycles. The Balaban J connectivity index is 1.88. The summed E-state index contributed by atoms with van der Waals surface area (Å²) in [4.78, 5) is 2.67. The maximum Gasteiger partial charge on any atom is 0.0196 e. The van der Waals surface area contributed by atoms with E-state index in [4.69, 9.17) is 0 Å². The highest BCUT2D eigenvalue weighted by Gasteiger charge is 2.53. The van der Waals surface area contributed by atoms with Crippen LogP contribution in [0.5, 0.6) is 0 Å². The van der Waals surface area contributed by atoms with Gasteiger partial charge in [-0.25, -0.2) is 0 Å². The number of fused-ring (bicyclic) bond motifs is 3. The van der Waals surface area contributed by atoms with Crippen molar-refractivity contribution in [2.45, 2.75) is 31.3 Å². The van der Waals surface area contributed by atoms with Crippen LogP contribution in [0.4, 0.5) is 0 Å². The summed E-state index contributed by atoms with van der Waals surface area (Å²) in [5.41, 5.74) is 1.47. The van der Waals surface area contributed by atoms with Crippen molar-refractivity contribution in [1.29, 1.82) is 0 Å². The molecule has 3 aliphatic rings. The van der Waals surface area contributed by atoms with E-state index < -0.39 is 0 Å². The van der Waals surface area contributed by atoms with Crippen LogP contribution in [0.3, 0.4) is 0 Å². The summed E-state index contributed by atoms with van der Waals surface area (Å²) in [7, 11) is 0. The van der Waals surface area contributed by atoms with Gasteiger partial charge in [0.05, 0.1) is 0 Å². The lowest BCUT2D eigenvalue weighted by atomic mass is 10.1. The Kier molecular flexibility index (Phi) is 0.791. The fourth-order valence-electron chi connectivity index (χ4n) is 2.75. The van der Waals surface area contributed by atoms with E-state index in [0.717, 1.165) is 18.0 Å². The summed E-state index contributed by atoms with van der Waals surface area (Å²) >= 11 is 0. The van der Waals surface area contributed by atoms with E-state index in [-0.39, 0.29) is 0 Å². The zero-order valence-electron chi connectivity index (χ0n) is 6.21. The van der Waals surface area contributed by atoms with E-state index in [1.807, 2.05) is 0 Å². The quantitative estimate of drug-likeness (QED) is 0.454. The van der Waals surface area contributed by atoms with Crippen molar-refractivity contribution in [2.75, 3.05) is 6.54 Å². The summed E-state index contributed by atoms with van der Waals surface area (Å²) in [5.74, 6) is 1.10. The largest absolute Gasteiger partial charge is 0.293 e. The third kappa shape index (κ3) is 0.523. The first-order valence-corrected chi connectivity index (χ1v) is 4.27. The lowest BCUT2D eigenvalue weighted by Gasteiger charge is -2.16. The minimum absolute atomic E-state index is 0.913. The van der Waals surface area contributed by atoms with Gasteiger partial charge in [-0.05, 0) is 25.2 Å². The lowest BCUT2D eigenvalue weighted by Crippen LogP contribution is -2.26. The molecule has 2 saturated heterocycles. The summed E-state index contributed by atoms with van der Waals surface area (Å²) in [6.07, 6.45) is 4.26. The lowest BCUT2D eigenvalue weighted by molar-refractivity contribution is 0.283. The Bertz CT molecular complexity index is 197. The minimum atomic E-state index is 0.913. The van der Waals surface area contributed by atoms with Gasteiger partial charge in [0.15, 0.2) is 0 Å². The van der Waals surface area contributed by atoms with Gasteiger partial charge in [0.1, 0.15) is 0 Å². The molecule has 2 aliphatic heterocycles. The molecule has 0 aromatic rings. The molecule has 10 heavy (non-hydrogen) atoms. The fraction of sp³-hybridized carbons (Fsp3) is 0.778. The van der Waals surface area contributed by atoms with Crippen LogP contribution in [0.15, 0.2) is 12.2 Å². The summed E-state index contributed by atoms with van der Waals surface area (Å²) in [6, 6.07) is 1.90. The van der Waals surface area contributed by atoms with Gasteiger partial charge in [0.25, 0.3) is 0 Å². The molecule has 1 heteroatoms. The second-order valence-corrected chi connectivity index (χ2v) is 4.08. The SMILES string of the molecule is C=C1CC2C[C@H]3C[C@H]3N2C1. The van der Waals surface area contributed by atoms with Crippen molar-refractivity contribution in [1.82, 2.24) is 4.90 Å². The topological polar surface area (TPSA) is 3.24 Å². The second-order valence-electron chi connectivity index (χ2n) is 4.08. The summed E-state index contributed by atoms with van der Waals surface area (Å²) < 4.78 is 0. The predicted octanol–water partition coefficient (Wildman–Crippen LogP) is 1.41. The average molecular weight is 135 g/mol. The van der Waals surface area contributed by atoms with Crippen molar-refractivity contribution in [2.24, 2.45) is 5.92 Å². The molecule has 1 unspecified atom stereocenters. The zero-order valence-corrected chi connectivity index (χ0v) is 6.21. The van der Waals surface area contributed by atoms with Crippen LogP contribution in [-0.4, -0.2) is 23.5 Å². The first kappa shape index (κ1) is 5.36. The Labute approximate surface area is 61.7 Å². The predicted molar refractivity (Wildman–Crippen MR) is 40.8 cm³/mol. The second kappa shape index (κ2) is 1.48. The molecule has 0 spiro atoms. The van der Waals surface area contributed by atoms with Gasteiger partial charge in [0, 0.05) is 18.6 Å². The molecular weight excluding hydrogens is 122 g/mol. The molecular formula is C9H13N. The summed E-state index contributed by atoms with van der Waals surface area (Å²) in [6.45, 7) is 5.26. The maximum absolute atomic E-state index is 4.05. The number of piperidine rings is 1. The zero-order chi connectivity index (χ0) is 6.72. The molecule has 3 fully saturated rings. The van der Waals surface area contributed by atoms with Gasteiger partial charge >= 0.3 is 0 Å². The number of nitrogens with zero attached hydrogens (tertiary/aromatic N) is 1. The molecule has 54 valence electrons. The van der Waals surface area contributed by atoms with Crippen LogP contribution >= 0.6 is 0 Å². The molecule has 3 rings (SSSR count). The first-order chi connectivity index (χ1) is 4.84. The normalized spacial score (nSPS) is 51.2. The van der Waals surface area contributed by atoms with E-state index in [9.17, 15) is 0 Å².